The second-order valence-electron chi connectivity index (χ2n) is 5.73. The summed E-state index contributed by atoms with van der Waals surface area (Å²) in [5.74, 6) is 1.20. The number of rotatable bonds is 6. The van der Waals surface area contributed by atoms with Gasteiger partial charge in [0.25, 0.3) is 0 Å². The zero-order valence-electron chi connectivity index (χ0n) is 15.1. The number of carbonyl (C=O) groups is 1. The number of methoxy groups -OCH3 is 1. The number of carbonyl (C=O) groups excluding carboxylic acids is 1. The molecule has 134 valence electrons. The van der Waals surface area contributed by atoms with Gasteiger partial charge < -0.3 is 10.1 Å². The van der Waals surface area contributed by atoms with Gasteiger partial charge in [0.15, 0.2) is 5.82 Å². The number of nitrogens with one attached hydrogen (secondary N) is 1. The minimum absolute atomic E-state index is 0.346. The summed E-state index contributed by atoms with van der Waals surface area (Å²) in [6.45, 7) is 4.21. The SMILES string of the molecule is CCc1nc(-c2ccsc2)nc(Nc2ccc(C(=O)OC)cc2)c1CC. The standard InChI is InChI=1S/C20H21N3O2S/c1-4-16-17(5-2)22-18(14-10-11-26-12-14)23-19(16)21-15-8-6-13(7-9-15)20(24)25-3/h6-12H,4-5H2,1-3H3,(H,21,22,23). The Balaban J connectivity index is 1.97. The number of ether oxygens (including phenoxy) is 1. The molecule has 3 aromatic rings. The lowest BCUT2D eigenvalue weighted by Crippen LogP contribution is -2.07. The van der Waals surface area contributed by atoms with E-state index < -0.39 is 0 Å². The Bertz CT molecular complexity index is 890. The summed E-state index contributed by atoms with van der Waals surface area (Å²) >= 11 is 1.63. The monoisotopic (exact) mass is 367 g/mol. The predicted molar refractivity (Wildman–Crippen MR) is 105 cm³/mol. The van der Waals surface area contributed by atoms with Gasteiger partial charge in [0, 0.05) is 27.9 Å². The molecule has 26 heavy (non-hydrogen) atoms. The third-order valence-corrected chi connectivity index (χ3v) is 4.81. The zero-order chi connectivity index (χ0) is 18.5. The van der Waals surface area contributed by atoms with Crippen molar-refractivity contribution in [2.24, 2.45) is 0 Å². The molecule has 3 rings (SSSR count). The number of aromatic nitrogens is 2. The number of anilines is 2. The molecule has 2 aromatic heterocycles. The molecular formula is C20H21N3O2S. The summed E-state index contributed by atoms with van der Waals surface area (Å²) in [6, 6.07) is 9.20. The molecule has 0 amide bonds. The highest BCUT2D eigenvalue weighted by Gasteiger charge is 2.14. The van der Waals surface area contributed by atoms with Crippen LogP contribution in [0.1, 0.15) is 35.5 Å². The van der Waals surface area contributed by atoms with E-state index in [0.717, 1.165) is 47.0 Å². The molecule has 0 fully saturated rings. The number of nitrogens with zero attached hydrogens (tertiary/aromatic N) is 2. The van der Waals surface area contributed by atoms with Crippen molar-refractivity contribution < 1.29 is 9.53 Å². The van der Waals surface area contributed by atoms with Gasteiger partial charge in [0.2, 0.25) is 0 Å². The van der Waals surface area contributed by atoms with Crippen LogP contribution in [0.15, 0.2) is 41.1 Å². The number of hydrogen-bond acceptors (Lipinski definition) is 6. The van der Waals surface area contributed by atoms with Crippen molar-refractivity contribution in [2.75, 3.05) is 12.4 Å². The van der Waals surface area contributed by atoms with E-state index in [0.29, 0.717) is 5.56 Å². The first kappa shape index (κ1) is 18.1. The Hall–Kier alpha value is -2.73. The summed E-state index contributed by atoms with van der Waals surface area (Å²) in [6.07, 6.45) is 1.69. The Kier molecular flexibility index (Phi) is 5.63. The smallest absolute Gasteiger partial charge is 0.337 e. The third kappa shape index (κ3) is 3.75. The zero-order valence-corrected chi connectivity index (χ0v) is 15.9. The van der Waals surface area contributed by atoms with Crippen molar-refractivity contribution in [3.63, 3.8) is 0 Å². The van der Waals surface area contributed by atoms with Crippen LogP contribution >= 0.6 is 11.3 Å². The number of thiophene rings is 1. The van der Waals surface area contributed by atoms with Gasteiger partial charge in [-0.2, -0.15) is 11.3 Å². The number of hydrogen-bond donors (Lipinski definition) is 1. The molecule has 1 N–H and O–H groups in total. The molecule has 0 saturated heterocycles. The van der Waals surface area contributed by atoms with E-state index in [4.69, 9.17) is 14.7 Å². The molecule has 6 heteroatoms. The van der Waals surface area contributed by atoms with E-state index in [2.05, 4.69) is 24.5 Å². The van der Waals surface area contributed by atoms with Crippen molar-refractivity contribution >= 4 is 28.8 Å². The predicted octanol–water partition coefficient (Wildman–Crippen LogP) is 4.86. The maximum atomic E-state index is 11.6. The quantitative estimate of drug-likeness (QED) is 0.630. The Morgan fingerprint density at radius 2 is 1.88 bits per heavy atom. The summed E-state index contributed by atoms with van der Waals surface area (Å²) in [7, 11) is 1.38. The number of benzene rings is 1. The average molecular weight is 367 g/mol. The molecule has 0 aliphatic heterocycles. The van der Waals surface area contributed by atoms with Gasteiger partial charge in [-0.3, -0.25) is 0 Å². The van der Waals surface area contributed by atoms with Crippen LogP contribution in [-0.2, 0) is 17.6 Å². The fourth-order valence-electron chi connectivity index (χ4n) is 2.76. The summed E-state index contributed by atoms with van der Waals surface area (Å²) in [4.78, 5) is 21.1. The molecule has 0 bridgehead atoms. The molecule has 0 spiro atoms. The maximum Gasteiger partial charge on any atom is 0.337 e. The molecule has 0 unspecified atom stereocenters. The Labute approximate surface area is 157 Å². The number of esters is 1. The van der Waals surface area contributed by atoms with Crippen LogP contribution in [0.5, 0.6) is 0 Å². The summed E-state index contributed by atoms with van der Waals surface area (Å²) in [5.41, 5.74) is 4.58. The average Bonchev–Trinajstić information content (AvgIpc) is 3.22. The number of aryl methyl sites for hydroxylation is 1. The largest absolute Gasteiger partial charge is 0.465 e. The molecule has 0 atom stereocenters. The minimum Gasteiger partial charge on any atom is -0.465 e. The summed E-state index contributed by atoms with van der Waals surface area (Å²) < 4.78 is 4.74. The normalized spacial score (nSPS) is 10.6. The molecule has 2 heterocycles. The van der Waals surface area contributed by atoms with E-state index in [-0.39, 0.29) is 5.97 Å². The van der Waals surface area contributed by atoms with Crippen LogP contribution in [-0.4, -0.2) is 23.0 Å². The maximum absolute atomic E-state index is 11.6. The second-order valence-corrected chi connectivity index (χ2v) is 6.51. The van der Waals surface area contributed by atoms with Gasteiger partial charge in [0.1, 0.15) is 5.82 Å². The fourth-order valence-corrected chi connectivity index (χ4v) is 3.40. The van der Waals surface area contributed by atoms with Gasteiger partial charge in [-0.05, 0) is 48.6 Å². The van der Waals surface area contributed by atoms with Crippen LogP contribution in [0.3, 0.4) is 0 Å². The first-order valence-corrected chi connectivity index (χ1v) is 9.48. The van der Waals surface area contributed by atoms with Crippen LogP contribution < -0.4 is 5.32 Å². The van der Waals surface area contributed by atoms with E-state index in [1.165, 1.54) is 7.11 Å². The first-order chi connectivity index (χ1) is 12.7. The molecule has 0 aliphatic carbocycles. The first-order valence-electron chi connectivity index (χ1n) is 8.54. The van der Waals surface area contributed by atoms with E-state index in [9.17, 15) is 4.79 Å². The van der Waals surface area contributed by atoms with E-state index in [1.54, 1.807) is 23.5 Å². The van der Waals surface area contributed by atoms with Crippen molar-refractivity contribution in [1.82, 2.24) is 9.97 Å². The highest BCUT2D eigenvalue weighted by Crippen LogP contribution is 2.27. The molecule has 1 aromatic carbocycles. The highest BCUT2D eigenvalue weighted by molar-refractivity contribution is 7.08. The lowest BCUT2D eigenvalue weighted by atomic mass is 10.1. The lowest BCUT2D eigenvalue weighted by Gasteiger charge is -2.15. The molecule has 0 radical (unpaired) electrons. The van der Waals surface area contributed by atoms with Crippen molar-refractivity contribution in [2.45, 2.75) is 26.7 Å². The van der Waals surface area contributed by atoms with E-state index in [1.807, 2.05) is 23.6 Å². The van der Waals surface area contributed by atoms with Crippen LogP contribution in [0.2, 0.25) is 0 Å². The molecule has 0 aliphatic rings. The van der Waals surface area contributed by atoms with Crippen molar-refractivity contribution in [3.8, 4) is 11.4 Å². The van der Waals surface area contributed by atoms with Crippen LogP contribution in [0, 0.1) is 0 Å². The second kappa shape index (κ2) is 8.10. The molecule has 0 saturated carbocycles. The van der Waals surface area contributed by atoms with Gasteiger partial charge in [-0.15, -0.1) is 0 Å². The Morgan fingerprint density at radius 1 is 1.12 bits per heavy atom. The van der Waals surface area contributed by atoms with Crippen LogP contribution in [0.4, 0.5) is 11.5 Å². The fraction of sp³-hybridized carbons (Fsp3) is 0.250. The molecular weight excluding hydrogens is 346 g/mol. The van der Waals surface area contributed by atoms with Gasteiger partial charge in [0.05, 0.1) is 12.7 Å². The van der Waals surface area contributed by atoms with Crippen LogP contribution in [0.25, 0.3) is 11.4 Å². The van der Waals surface area contributed by atoms with Gasteiger partial charge in [-0.25, -0.2) is 14.8 Å². The third-order valence-electron chi connectivity index (χ3n) is 4.13. The highest BCUT2D eigenvalue weighted by atomic mass is 32.1. The van der Waals surface area contributed by atoms with Crippen molar-refractivity contribution in [3.05, 3.63) is 57.9 Å². The summed E-state index contributed by atoms with van der Waals surface area (Å²) in [5, 5.41) is 7.46. The minimum atomic E-state index is -0.346. The topological polar surface area (TPSA) is 64.1 Å². The van der Waals surface area contributed by atoms with Crippen molar-refractivity contribution in [1.29, 1.82) is 0 Å². The molecule has 5 nitrogen and oxygen atoms in total. The van der Waals surface area contributed by atoms with Gasteiger partial charge >= 0.3 is 5.97 Å². The van der Waals surface area contributed by atoms with E-state index >= 15 is 0 Å². The Morgan fingerprint density at radius 3 is 2.46 bits per heavy atom. The lowest BCUT2D eigenvalue weighted by molar-refractivity contribution is 0.0601. The van der Waals surface area contributed by atoms with Gasteiger partial charge in [-0.1, -0.05) is 13.8 Å².